The number of alkyl halides is 2. The van der Waals surface area contributed by atoms with E-state index in [1.165, 1.54) is 13.0 Å². The minimum Gasteiger partial charge on any atom is -0.339 e. The summed E-state index contributed by atoms with van der Waals surface area (Å²) in [4.78, 5) is 20.6. The Bertz CT molecular complexity index is 1950. The van der Waals surface area contributed by atoms with E-state index in [2.05, 4.69) is 16.9 Å². The third-order valence-electron chi connectivity index (χ3n) is 9.32. The van der Waals surface area contributed by atoms with Gasteiger partial charge in [-0.3, -0.25) is 4.79 Å². The molecule has 0 unspecified atom stereocenters. The fourth-order valence-electron chi connectivity index (χ4n) is 6.62. The first-order valence-electron chi connectivity index (χ1n) is 16.4. The number of amides is 1. The van der Waals surface area contributed by atoms with Crippen LogP contribution in [0.25, 0.3) is 16.6 Å². The number of carbonyl (C=O) groups is 1. The number of imidazole rings is 1. The second-order valence-electron chi connectivity index (χ2n) is 12.9. The molecule has 4 aromatic rings. The van der Waals surface area contributed by atoms with Crippen molar-refractivity contribution in [3.8, 4) is 0 Å². The summed E-state index contributed by atoms with van der Waals surface area (Å²) in [5.41, 5.74) is 10.6. The Labute approximate surface area is 274 Å². The van der Waals surface area contributed by atoms with Crippen LogP contribution in [0, 0.1) is 6.92 Å². The largest absolute Gasteiger partial charge is 0.339 e. The first kappa shape index (κ1) is 32.3. The fraction of sp³-hybridized carbons (Fsp3) is 0.325. The molecule has 242 valence electrons. The number of fused-ring (bicyclic) bond motifs is 1. The van der Waals surface area contributed by atoms with E-state index in [1.807, 2.05) is 73.4 Å². The zero-order valence-electron chi connectivity index (χ0n) is 27.3. The van der Waals surface area contributed by atoms with Crippen LogP contribution in [-0.4, -0.2) is 33.4 Å². The van der Waals surface area contributed by atoms with E-state index >= 15 is 0 Å². The molecule has 1 saturated heterocycles. The predicted molar refractivity (Wildman–Crippen MR) is 182 cm³/mol. The number of rotatable bonds is 10. The normalized spacial score (nSPS) is 15.8. The number of para-hydroxylation sites is 2. The van der Waals surface area contributed by atoms with E-state index in [-0.39, 0.29) is 29.6 Å². The van der Waals surface area contributed by atoms with E-state index in [0.29, 0.717) is 43.6 Å². The number of likely N-dealkylation sites (tertiary alicyclic amines) is 1. The number of halogens is 3. The molecule has 2 heterocycles. The Morgan fingerprint density at radius 1 is 1.06 bits per heavy atom. The molecule has 0 N–H and O–H groups in total. The number of benzene rings is 3. The van der Waals surface area contributed by atoms with Gasteiger partial charge in [-0.2, -0.15) is 0 Å². The molecule has 47 heavy (non-hydrogen) atoms. The Hall–Kier alpha value is -4.61. The average Bonchev–Trinajstić information content (AvgIpc) is 3.42. The summed E-state index contributed by atoms with van der Waals surface area (Å²) in [5.74, 6) is -1.97. The molecular formula is C40H40F3N3O. The van der Waals surface area contributed by atoms with Crippen molar-refractivity contribution in [1.82, 2.24) is 14.5 Å². The molecule has 1 amide bonds. The molecule has 0 atom stereocenters. The van der Waals surface area contributed by atoms with Crippen molar-refractivity contribution < 1.29 is 18.0 Å². The molecule has 2 aliphatic rings. The van der Waals surface area contributed by atoms with Crippen LogP contribution < -0.4 is 0 Å². The quantitative estimate of drug-likeness (QED) is 0.129. The van der Waals surface area contributed by atoms with Gasteiger partial charge in [0.25, 0.3) is 11.8 Å². The van der Waals surface area contributed by atoms with E-state index in [0.717, 1.165) is 57.5 Å². The zero-order valence-corrected chi connectivity index (χ0v) is 27.3. The molecule has 1 fully saturated rings. The van der Waals surface area contributed by atoms with Crippen LogP contribution in [0.15, 0.2) is 102 Å². The monoisotopic (exact) mass is 635 g/mol. The van der Waals surface area contributed by atoms with E-state index in [4.69, 9.17) is 4.98 Å². The van der Waals surface area contributed by atoms with Gasteiger partial charge in [0, 0.05) is 48.5 Å². The maximum atomic E-state index is 14.6. The van der Waals surface area contributed by atoms with Gasteiger partial charge in [0.05, 0.1) is 17.6 Å². The minimum absolute atomic E-state index is 0.00648. The third kappa shape index (κ3) is 6.77. The van der Waals surface area contributed by atoms with Crippen molar-refractivity contribution in [2.45, 2.75) is 71.3 Å². The lowest BCUT2D eigenvalue weighted by Crippen LogP contribution is -2.38. The Morgan fingerprint density at radius 3 is 2.49 bits per heavy atom. The predicted octanol–water partition coefficient (Wildman–Crippen LogP) is 10.0. The summed E-state index contributed by atoms with van der Waals surface area (Å²) < 4.78 is 44.8. The zero-order chi connectivity index (χ0) is 33.3. The van der Waals surface area contributed by atoms with Crippen molar-refractivity contribution in [3.63, 3.8) is 0 Å². The van der Waals surface area contributed by atoms with Crippen molar-refractivity contribution in [1.29, 1.82) is 0 Å². The van der Waals surface area contributed by atoms with Crippen LogP contribution >= 0.6 is 0 Å². The molecule has 0 saturated carbocycles. The van der Waals surface area contributed by atoms with Gasteiger partial charge in [-0.1, -0.05) is 67.3 Å². The summed E-state index contributed by atoms with van der Waals surface area (Å²) in [5, 5.41) is 0. The van der Waals surface area contributed by atoms with Gasteiger partial charge in [-0.15, -0.1) is 0 Å². The lowest BCUT2D eigenvalue weighted by molar-refractivity contribution is -0.00831. The molecule has 4 nitrogen and oxygen atoms in total. The number of hydrogen-bond donors (Lipinski definition) is 0. The second-order valence-corrected chi connectivity index (χ2v) is 12.9. The number of nitrogens with zero attached hydrogens (tertiary/aromatic N) is 3. The first-order valence-corrected chi connectivity index (χ1v) is 16.4. The molecule has 7 heteroatoms. The van der Waals surface area contributed by atoms with Crippen LogP contribution in [0.3, 0.4) is 0 Å². The lowest BCUT2D eigenvalue weighted by Gasteiger charge is -2.32. The number of piperidine rings is 1. The van der Waals surface area contributed by atoms with Gasteiger partial charge in [0.15, 0.2) is 0 Å². The smallest absolute Gasteiger partial charge is 0.273 e. The van der Waals surface area contributed by atoms with Crippen LogP contribution in [0.2, 0.25) is 0 Å². The van der Waals surface area contributed by atoms with Crippen LogP contribution in [-0.2, 0) is 12.5 Å². The highest BCUT2D eigenvalue weighted by Gasteiger charge is 2.30. The van der Waals surface area contributed by atoms with E-state index in [1.54, 1.807) is 12.1 Å². The maximum absolute atomic E-state index is 14.6. The van der Waals surface area contributed by atoms with Gasteiger partial charge in [0.2, 0.25) is 0 Å². The standard InChI is InChI=1S/C40H40F3N3O/c1-5-40(42,43)32-10-8-9-30(24-32)35(15-13-26(2)3)34-16-14-31(21-27(34)4)39(47)45-19-17-29(18-20-45)38-44-36-11-6-7-12-37(36)46(38)25-28-22-33(41)23-28/h6-12,14-16,21,24,29H,2,5,13,17-20,22,25H2,1,3-4H3/b35-15-. The highest BCUT2D eigenvalue weighted by Crippen LogP contribution is 2.36. The molecule has 0 radical (unpaired) electrons. The summed E-state index contributed by atoms with van der Waals surface area (Å²) in [7, 11) is 0. The third-order valence-corrected chi connectivity index (χ3v) is 9.32. The van der Waals surface area contributed by atoms with Crippen molar-refractivity contribution in [3.05, 3.63) is 136 Å². The highest BCUT2D eigenvalue weighted by molar-refractivity contribution is 5.95. The van der Waals surface area contributed by atoms with Crippen LogP contribution in [0.1, 0.15) is 90.3 Å². The Morgan fingerprint density at radius 2 is 1.81 bits per heavy atom. The summed E-state index contributed by atoms with van der Waals surface area (Å²) in [6, 6.07) is 20.3. The SMILES string of the molecule is C=C(C)C/C=C(/c1cccc(C(F)(F)CC)c1)c1ccc(C(=O)N2CCC(c3nc4ccccc4n3CC3=C=C(F)C3)CC2)cc1C. The molecule has 1 aliphatic carbocycles. The molecule has 0 bridgehead atoms. The second kappa shape index (κ2) is 13.2. The summed E-state index contributed by atoms with van der Waals surface area (Å²) >= 11 is 0. The van der Waals surface area contributed by atoms with Gasteiger partial charge in [-0.25, -0.2) is 18.2 Å². The highest BCUT2D eigenvalue weighted by atomic mass is 19.3. The molecule has 3 aromatic carbocycles. The van der Waals surface area contributed by atoms with Gasteiger partial charge >= 0.3 is 0 Å². The number of carbonyl (C=O) groups excluding carboxylic acids is 1. The summed E-state index contributed by atoms with van der Waals surface area (Å²) in [6.45, 7) is 11.2. The van der Waals surface area contributed by atoms with Crippen LogP contribution in [0.5, 0.6) is 0 Å². The molecule has 0 spiro atoms. The molecular weight excluding hydrogens is 595 g/mol. The number of hydrogen-bond acceptors (Lipinski definition) is 2. The molecule has 1 aromatic heterocycles. The van der Waals surface area contributed by atoms with Gasteiger partial charge in [0.1, 0.15) is 11.7 Å². The van der Waals surface area contributed by atoms with E-state index in [9.17, 15) is 18.0 Å². The number of allylic oxidation sites excluding steroid dienone is 3. The van der Waals surface area contributed by atoms with Crippen molar-refractivity contribution >= 4 is 22.5 Å². The van der Waals surface area contributed by atoms with Gasteiger partial charge < -0.3 is 9.47 Å². The fourth-order valence-corrected chi connectivity index (χ4v) is 6.62. The number of aromatic nitrogens is 2. The Kier molecular flexibility index (Phi) is 9.11. The van der Waals surface area contributed by atoms with Crippen molar-refractivity contribution in [2.75, 3.05) is 13.1 Å². The average molecular weight is 636 g/mol. The maximum Gasteiger partial charge on any atom is 0.273 e. The topological polar surface area (TPSA) is 38.1 Å². The van der Waals surface area contributed by atoms with Crippen LogP contribution in [0.4, 0.5) is 13.2 Å². The van der Waals surface area contributed by atoms with Gasteiger partial charge in [-0.05, 0) is 85.7 Å². The Balaban J connectivity index is 1.21. The minimum atomic E-state index is -2.91. The number of aryl methyl sites for hydroxylation is 1. The first-order chi connectivity index (χ1) is 22.5. The van der Waals surface area contributed by atoms with Crippen molar-refractivity contribution in [2.24, 2.45) is 0 Å². The van der Waals surface area contributed by atoms with E-state index < -0.39 is 5.92 Å². The summed E-state index contributed by atoms with van der Waals surface area (Å²) in [6.07, 6.45) is 4.26. The molecule has 1 aliphatic heterocycles. The molecule has 6 rings (SSSR count). The lowest BCUT2D eigenvalue weighted by atomic mass is 9.90.